The lowest BCUT2D eigenvalue weighted by atomic mass is 10.1. The fourth-order valence-corrected chi connectivity index (χ4v) is 6.03. The number of H-pyrrole nitrogens is 1. The van der Waals surface area contributed by atoms with Gasteiger partial charge in [0.05, 0.1) is 27.4 Å². The van der Waals surface area contributed by atoms with Crippen LogP contribution in [0.5, 0.6) is 0 Å². The zero-order valence-corrected chi connectivity index (χ0v) is 18.5. The van der Waals surface area contributed by atoms with E-state index in [0.717, 1.165) is 22.4 Å². The molecule has 0 unspecified atom stereocenters. The third-order valence-corrected chi connectivity index (χ3v) is 8.23. The molecule has 162 valence electrons. The quantitative estimate of drug-likeness (QED) is 0.314. The van der Waals surface area contributed by atoms with Gasteiger partial charge in [0.1, 0.15) is 15.9 Å². The Labute approximate surface area is 189 Å². The normalized spacial score (nSPS) is 12.3. The van der Waals surface area contributed by atoms with E-state index in [-0.39, 0.29) is 28.0 Å². The first kappa shape index (κ1) is 21.8. The van der Waals surface area contributed by atoms with Crippen molar-refractivity contribution in [3.8, 4) is 11.8 Å². The molecular weight excluding hydrogens is 447 g/mol. The average Bonchev–Trinajstić information content (AvgIpc) is 3.39. The Morgan fingerprint density at radius 1 is 1.12 bits per heavy atom. The van der Waals surface area contributed by atoms with Crippen LogP contribution in [-0.2, 0) is 16.3 Å². The molecule has 0 amide bonds. The van der Waals surface area contributed by atoms with Gasteiger partial charge >= 0.3 is 0 Å². The van der Waals surface area contributed by atoms with Crippen molar-refractivity contribution in [1.29, 1.82) is 0 Å². The number of imidazole rings is 1. The fourth-order valence-electron chi connectivity index (χ4n) is 3.18. The number of fused-ring (bicyclic) bond motifs is 1. The molecule has 0 aliphatic heterocycles. The molecular formula is C24H19FN2O3S2. The van der Waals surface area contributed by atoms with E-state index in [1.54, 1.807) is 18.2 Å². The molecule has 0 bridgehead atoms. The predicted molar refractivity (Wildman–Crippen MR) is 124 cm³/mol. The minimum Gasteiger partial charge on any atom is -0.513 e. The number of halogens is 1. The van der Waals surface area contributed by atoms with Gasteiger partial charge in [0.15, 0.2) is 9.84 Å². The number of rotatable bonds is 6. The van der Waals surface area contributed by atoms with Crippen molar-refractivity contribution in [2.75, 3.05) is 5.75 Å². The average molecular weight is 467 g/mol. The molecule has 2 N–H and O–H groups in total. The van der Waals surface area contributed by atoms with Crippen LogP contribution in [-0.4, -0.2) is 29.2 Å². The Bertz CT molecular complexity index is 1410. The van der Waals surface area contributed by atoms with Crippen LogP contribution in [0.3, 0.4) is 0 Å². The Morgan fingerprint density at radius 3 is 2.59 bits per heavy atom. The Morgan fingerprint density at radius 2 is 1.88 bits per heavy atom. The monoisotopic (exact) mass is 466 g/mol. The summed E-state index contributed by atoms with van der Waals surface area (Å²) in [6.07, 6.45) is 0.214. The third-order valence-electron chi connectivity index (χ3n) is 4.83. The molecule has 8 heteroatoms. The molecule has 5 nitrogen and oxygen atoms in total. The molecule has 4 rings (SSSR count). The van der Waals surface area contributed by atoms with Crippen LogP contribution in [0.15, 0.2) is 77.2 Å². The molecule has 0 saturated carbocycles. The van der Waals surface area contributed by atoms with Crippen molar-refractivity contribution in [3.63, 3.8) is 0 Å². The Balaban J connectivity index is 1.50. The number of aliphatic hydroxyl groups excluding tert-OH is 1. The van der Waals surface area contributed by atoms with Gasteiger partial charge in [0, 0.05) is 17.9 Å². The Hall–Kier alpha value is -3.41. The number of para-hydroxylation sites is 2. The van der Waals surface area contributed by atoms with E-state index >= 15 is 0 Å². The fraction of sp³-hybridized carbons (Fsp3) is 0.125. The summed E-state index contributed by atoms with van der Waals surface area (Å²) in [6, 6.07) is 16.4. The summed E-state index contributed by atoms with van der Waals surface area (Å²) in [5.74, 6) is 4.81. The molecule has 0 saturated heterocycles. The lowest BCUT2D eigenvalue weighted by Gasteiger charge is -2.14. The Kier molecular flexibility index (Phi) is 6.12. The first-order valence-corrected chi connectivity index (χ1v) is 12.2. The smallest absolute Gasteiger partial charge is 0.188 e. The molecule has 2 aromatic heterocycles. The number of allylic oxidation sites excluding steroid dienone is 1. The van der Waals surface area contributed by atoms with E-state index in [4.69, 9.17) is 0 Å². The third kappa shape index (κ3) is 5.07. The number of aromatic amines is 1. The molecule has 0 aliphatic rings. The summed E-state index contributed by atoms with van der Waals surface area (Å²) in [6.45, 7) is 3.56. The molecule has 32 heavy (non-hydrogen) atoms. The number of hydrogen-bond donors (Lipinski definition) is 2. The molecule has 4 aromatic rings. The van der Waals surface area contributed by atoms with Crippen molar-refractivity contribution < 1.29 is 17.9 Å². The topological polar surface area (TPSA) is 83.1 Å². The van der Waals surface area contributed by atoms with Crippen LogP contribution in [0.25, 0.3) is 11.0 Å². The maximum atomic E-state index is 13.0. The summed E-state index contributed by atoms with van der Waals surface area (Å²) in [7, 11) is -3.68. The van der Waals surface area contributed by atoms with Crippen LogP contribution in [0.2, 0.25) is 0 Å². The molecule has 0 fully saturated rings. The van der Waals surface area contributed by atoms with Gasteiger partial charge in [-0.2, -0.15) is 0 Å². The molecule has 0 aliphatic carbocycles. The van der Waals surface area contributed by atoms with Gasteiger partial charge in [-0.25, -0.2) is 17.8 Å². The number of nitrogens with zero attached hydrogens (tertiary/aromatic N) is 1. The maximum Gasteiger partial charge on any atom is 0.188 e. The van der Waals surface area contributed by atoms with Gasteiger partial charge in [-0.05, 0) is 48.5 Å². The SMILES string of the molecule is C=C(O)[C@@H](Cc1nc2ccccc2[nH]1)CS(=O)(=O)c1ccc(C#Cc2ccc(F)cc2)s1. The largest absolute Gasteiger partial charge is 0.513 e. The number of thiophene rings is 1. The van der Waals surface area contributed by atoms with Crippen molar-refractivity contribution >= 4 is 32.2 Å². The van der Waals surface area contributed by atoms with Gasteiger partial charge < -0.3 is 10.1 Å². The van der Waals surface area contributed by atoms with Crippen molar-refractivity contribution in [3.05, 3.63) is 95.1 Å². The summed E-state index contributed by atoms with van der Waals surface area (Å²) < 4.78 is 39.1. The van der Waals surface area contributed by atoms with Gasteiger partial charge in [-0.3, -0.25) is 0 Å². The number of nitrogens with one attached hydrogen (secondary N) is 1. The lowest BCUT2D eigenvalue weighted by Crippen LogP contribution is -2.20. The summed E-state index contributed by atoms with van der Waals surface area (Å²) in [5.41, 5.74) is 2.25. The van der Waals surface area contributed by atoms with Gasteiger partial charge in [-0.1, -0.05) is 30.6 Å². The maximum absolute atomic E-state index is 13.0. The van der Waals surface area contributed by atoms with Crippen LogP contribution in [0.4, 0.5) is 4.39 Å². The second-order valence-electron chi connectivity index (χ2n) is 7.25. The first-order valence-electron chi connectivity index (χ1n) is 9.72. The highest BCUT2D eigenvalue weighted by molar-refractivity contribution is 7.93. The molecule has 2 aromatic carbocycles. The number of aliphatic hydroxyl groups is 1. The van der Waals surface area contributed by atoms with E-state index in [1.165, 1.54) is 18.2 Å². The predicted octanol–water partition coefficient (Wildman–Crippen LogP) is 4.87. The number of hydrogen-bond acceptors (Lipinski definition) is 5. The minimum atomic E-state index is -3.68. The molecule has 0 spiro atoms. The summed E-state index contributed by atoms with van der Waals surface area (Å²) in [5, 5.41) is 10.0. The summed E-state index contributed by atoms with van der Waals surface area (Å²) in [4.78, 5) is 8.18. The lowest BCUT2D eigenvalue weighted by molar-refractivity contribution is 0.341. The van der Waals surface area contributed by atoms with Crippen LogP contribution in [0, 0.1) is 23.6 Å². The van der Waals surface area contributed by atoms with Crippen LogP contribution < -0.4 is 0 Å². The van der Waals surface area contributed by atoms with E-state index in [1.807, 2.05) is 24.3 Å². The zero-order chi connectivity index (χ0) is 22.7. The number of sulfone groups is 1. The molecule has 0 radical (unpaired) electrons. The van der Waals surface area contributed by atoms with E-state index in [2.05, 4.69) is 28.4 Å². The molecule has 2 heterocycles. The summed E-state index contributed by atoms with van der Waals surface area (Å²) >= 11 is 1.06. The van der Waals surface area contributed by atoms with Gasteiger partial charge in [0.25, 0.3) is 0 Å². The van der Waals surface area contributed by atoms with Crippen molar-refractivity contribution in [2.45, 2.75) is 10.6 Å². The van der Waals surface area contributed by atoms with E-state index < -0.39 is 15.8 Å². The first-order chi connectivity index (χ1) is 15.3. The van der Waals surface area contributed by atoms with Crippen molar-refractivity contribution in [2.24, 2.45) is 5.92 Å². The second kappa shape index (κ2) is 8.99. The number of aromatic nitrogens is 2. The zero-order valence-electron chi connectivity index (χ0n) is 16.9. The van der Waals surface area contributed by atoms with Crippen molar-refractivity contribution in [1.82, 2.24) is 9.97 Å². The van der Waals surface area contributed by atoms with E-state index in [9.17, 15) is 17.9 Å². The van der Waals surface area contributed by atoms with Gasteiger partial charge in [-0.15, -0.1) is 11.3 Å². The van der Waals surface area contributed by atoms with Gasteiger partial charge in [0.2, 0.25) is 0 Å². The highest BCUT2D eigenvalue weighted by atomic mass is 32.2. The van der Waals surface area contributed by atoms with E-state index in [0.29, 0.717) is 16.3 Å². The number of benzene rings is 2. The highest BCUT2D eigenvalue weighted by Crippen LogP contribution is 2.26. The van der Waals surface area contributed by atoms with Crippen LogP contribution in [0.1, 0.15) is 16.3 Å². The minimum absolute atomic E-state index is 0.164. The highest BCUT2D eigenvalue weighted by Gasteiger charge is 2.26. The second-order valence-corrected chi connectivity index (χ2v) is 10.6. The molecule has 1 atom stereocenters. The standard InChI is InChI=1S/C24H19FN2O3S2/c1-16(28)18(14-23-26-21-4-2-3-5-22(21)27-23)15-32(29,30)24-13-12-20(31-24)11-8-17-6-9-19(25)10-7-17/h2-7,9-10,12-13,18,28H,1,14-15H2,(H,26,27)/t18-/m0/s1. The van der Waals surface area contributed by atoms with Crippen LogP contribution >= 0.6 is 11.3 Å².